The van der Waals surface area contributed by atoms with E-state index in [2.05, 4.69) is 16.9 Å². The average Bonchev–Trinajstić information content (AvgIpc) is 3.21. The van der Waals surface area contributed by atoms with Gasteiger partial charge in [-0.25, -0.2) is 4.98 Å². The Hall–Kier alpha value is -4.26. The van der Waals surface area contributed by atoms with Gasteiger partial charge in [0.1, 0.15) is 11.3 Å². The van der Waals surface area contributed by atoms with Gasteiger partial charge in [0.25, 0.3) is 5.69 Å². The van der Waals surface area contributed by atoms with Gasteiger partial charge in [-0.3, -0.25) is 15.1 Å². The second kappa shape index (κ2) is 8.62. The van der Waals surface area contributed by atoms with Crippen LogP contribution in [0.25, 0.3) is 28.6 Å². The lowest BCUT2D eigenvalue weighted by atomic mass is 10.1. The van der Waals surface area contributed by atoms with Crippen LogP contribution in [0.5, 0.6) is 5.75 Å². The second-order valence-electron chi connectivity index (χ2n) is 6.87. The first-order valence-corrected chi connectivity index (χ1v) is 9.71. The predicted molar refractivity (Wildman–Crippen MR) is 121 cm³/mol. The molecule has 1 aromatic heterocycles. The highest BCUT2D eigenvalue weighted by molar-refractivity contribution is 5.82. The van der Waals surface area contributed by atoms with Gasteiger partial charge in [-0.05, 0) is 54.0 Å². The number of phenolic OH excluding ortho intramolecular Hbond substituents is 1. The molecule has 7 heteroatoms. The van der Waals surface area contributed by atoms with Crippen molar-refractivity contribution < 1.29 is 14.4 Å². The Morgan fingerprint density at radius 3 is 2.84 bits per heavy atom. The third-order valence-corrected chi connectivity index (χ3v) is 4.75. The van der Waals surface area contributed by atoms with Crippen molar-refractivity contribution in [3.63, 3.8) is 0 Å². The molecule has 1 heterocycles. The smallest absolute Gasteiger partial charge is 0.270 e. The number of rotatable bonds is 6. The number of hydrogen-bond acceptors (Lipinski definition) is 6. The standard InChI is InChI=1S/C24H19N3O4/c1-2-16-8-11-23-21(14-16)26-24(31-23)20-15-18(9-10-22(20)28)25-12-4-6-17-5-3-7-19(13-17)27(29)30/h3-15,28H,2H2,1H3/b6-4+,25-12?. The number of fused-ring (bicyclic) bond motifs is 1. The minimum Gasteiger partial charge on any atom is -0.507 e. The molecule has 1 N–H and O–H groups in total. The summed E-state index contributed by atoms with van der Waals surface area (Å²) in [5, 5.41) is 21.1. The number of allylic oxidation sites excluding steroid dienone is 1. The van der Waals surface area contributed by atoms with Gasteiger partial charge in [0.15, 0.2) is 5.58 Å². The monoisotopic (exact) mass is 413 g/mol. The van der Waals surface area contributed by atoms with Crippen LogP contribution in [0.4, 0.5) is 11.4 Å². The fraction of sp³-hybridized carbons (Fsp3) is 0.0833. The van der Waals surface area contributed by atoms with Gasteiger partial charge in [-0.1, -0.05) is 31.2 Å². The number of hydrogen-bond donors (Lipinski definition) is 1. The highest BCUT2D eigenvalue weighted by Gasteiger charge is 2.13. The van der Waals surface area contributed by atoms with Crippen molar-refractivity contribution in [2.45, 2.75) is 13.3 Å². The second-order valence-corrected chi connectivity index (χ2v) is 6.87. The van der Waals surface area contributed by atoms with E-state index in [4.69, 9.17) is 4.42 Å². The number of benzene rings is 3. The summed E-state index contributed by atoms with van der Waals surface area (Å²) < 4.78 is 5.81. The number of non-ortho nitro benzene ring substituents is 1. The SMILES string of the molecule is CCc1ccc2oc(-c3cc(N=C/C=C/c4cccc([N+](=O)[O-])c4)ccc3O)nc2c1. The molecular weight excluding hydrogens is 394 g/mol. The topological polar surface area (TPSA) is 102 Å². The summed E-state index contributed by atoms with van der Waals surface area (Å²) in [7, 11) is 0. The third-order valence-electron chi connectivity index (χ3n) is 4.75. The lowest BCUT2D eigenvalue weighted by molar-refractivity contribution is -0.384. The van der Waals surface area contributed by atoms with Crippen LogP contribution in [0.1, 0.15) is 18.1 Å². The van der Waals surface area contributed by atoms with Crippen molar-refractivity contribution in [2.24, 2.45) is 4.99 Å². The van der Waals surface area contributed by atoms with Crippen molar-refractivity contribution in [2.75, 3.05) is 0 Å². The Balaban J connectivity index is 1.56. The number of aromatic hydroxyl groups is 1. The Kier molecular flexibility index (Phi) is 5.57. The van der Waals surface area contributed by atoms with E-state index in [-0.39, 0.29) is 11.4 Å². The van der Waals surface area contributed by atoms with Crippen LogP contribution < -0.4 is 0 Å². The van der Waals surface area contributed by atoms with Crippen LogP contribution in [0, 0.1) is 10.1 Å². The molecule has 4 rings (SSSR count). The lowest BCUT2D eigenvalue weighted by Gasteiger charge is -2.01. The minimum atomic E-state index is -0.432. The number of aryl methyl sites for hydroxylation is 1. The Bertz CT molecular complexity index is 1320. The summed E-state index contributed by atoms with van der Waals surface area (Å²) in [5.41, 5.74) is 4.34. The number of nitrogens with zero attached hydrogens (tertiary/aromatic N) is 3. The number of phenols is 1. The largest absolute Gasteiger partial charge is 0.507 e. The minimum absolute atomic E-state index is 0.0339. The molecule has 0 radical (unpaired) electrons. The molecule has 0 spiro atoms. The number of oxazole rings is 1. The summed E-state index contributed by atoms with van der Waals surface area (Å²) in [5.74, 6) is 0.373. The fourth-order valence-electron chi connectivity index (χ4n) is 3.11. The first kappa shape index (κ1) is 20.0. The molecule has 7 nitrogen and oxygen atoms in total. The summed E-state index contributed by atoms with van der Waals surface area (Å²) in [6, 6.07) is 17.1. The van der Waals surface area contributed by atoms with Crippen LogP contribution in [-0.4, -0.2) is 21.2 Å². The maximum absolute atomic E-state index is 10.9. The fourth-order valence-corrected chi connectivity index (χ4v) is 3.11. The van der Waals surface area contributed by atoms with Gasteiger partial charge >= 0.3 is 0 Å². The van der Waals surface area contributed by atoms with Crippen LogP contribution in [-0.2, 0) is 6.42 Å². The number of aromatic nitrogens is 1. The average molecular weight is 413 g/mol. The molecule has 0 aliphatic rings. The molecule has 0 saturated carbocycles. The molecule has 3 aromatic carbocycles. The Labute approximate surface area is 178 Å². The third kappa shape index (κ3) is 4.51. The number of aliphatic imine (C=N–C) groups is 1. The van der Waals surface area contributed by atoms with Gasteiger partial charge in [-0.2, -0.15) is 0 Å². The van der Waals surface area contributed by atoms with Gasteiger partial charge in [0, 0.05) is 18.3 Å². The normalized spacial score (nSPS) is 11.6. The van der Waals surface area contributed by atoms with Crippen LogP contribution in [0.15, 0.2) is 76.1 Å². The molecule has 0 atom stereocenters. The zero-order valence-electron chi connectivity index (χ0n) is 16.7. The van der Waals surface area contributed by atoms with E-state index in [1.807, 2.05) is 18.2 Å². The zero-order chi connectivity index (χ0) is 21.8. The molecule has 0 fully saturated rings. The van der Waals surface area contributed by atoms with E-state index in [0.717, 1.165) is 17.5 Å². The molecule has 31 heavy (non-hydrogen) atoms. The zero-order valence-corrected chi connectivity index (χ0v) is 16.7. The number of nitro groups is 1. The predicted octanol–water partition coefficient (Wildman–Crippen LogP) is 6.09. The van der Waals surface area contributed by atoms with E-state index < -0.39 is 4.92 Å². The molecule has 4 aromatic rings. The molecule has 0 aliphatic carbocycles. The van der Waals surface area contributed by atoms with Crippen molar-refractivity contribution in [3.05, 3.63) is 88.0 Å². The first-order chi connectivity index (χ1) is 15.0. The van der Waals surface area contributed by atoms with Gasteiger partial charge in [0.05, 0.1) is 16.2 Å². The van der Waals surface area contributed by atoms with Crippen molar-refractivity contribution >= 4 is 34.8 Å². The molecular formula is C24H19N3O4. The summed E-state index contributed by atoms with van der Waals surface area (Å²) >= 11 is 0. The van der Waals surface area contributed by atoms with Gasteiger partial charge in [0.2, 0.25) is 5.89 Å². The highest BCUT2D eigenvalue weighted by atomic mass is 16.6. The maximum Gasteiger partial charge on any atom is 0.270 e. The summed E-state index contributed by atoms with van der Waals surface area (Å²) in [6.07, 6.45) is 5.90. The Morgan fingerprint density at radius 2 is 2.03 bits per heavy atom. The first-order valence-electron chi connectivity index (χ1n) is 9.71. The molecule has 0 unspecified atom stereocenters. The molecule has 154 valence electrons. The lowest BCUT2D eigenvalue weighted by Crippen LogP contribution is -1.87. The summed E-state index contributed by atoms with van der Waals surface area (Å²) in [4.78, 5) is 19.3. The quantitative estimate of drug-likeness (QED) is 0.234. The van der Waals surface area contributed by atoms with Crippen LogP contribution >= 0.6 is 0 Å². The molecule has 0 saturated heterocycles. The highest BCUT2D eigenvalue weighted by Crippen LogP contribution is 2.34. The van der Waals surface area contributed by atoms with Crippen LogP contribution in [0.2, 0.25) is 0 Å². The Morgan fingerprint density at radius 1 is 1.16 bits per heavy atom. The maximum atomic E-state index is 10.9. The molecule has 0 aliphatic heterocycles. The molecule has 0 amide bonds. The summed E-state index contributed by atoms with van der Waals surface area (Å²) in [6.45, 7) is 2.07. The van der Waals surface area contributed by atoms with Gasteiger partial charge < -0.3 is 9.52 Å². The van der Waals surface area contributed by atoms with Crippen molar-refractivity contribution in [1.29, 1.82) is 0 Å². The van der Waals surface area contributed by atoms with Crippen molar-refractivity contribution in [1.82, 2.24) is 4.98 Å². The van der Waals surface area contributed by atoms with Crippen molar-refractivity contribution in [3.8, 4) is 17.2 Å². The van der Waals surface area contributed by atoms with E-state index in [0.29, 0.717) is 28.3 Å². The number of nitro benzene ring substituents is 1. The van der Waals surface area contributed by atoms with E-state index >= 15 is 0 Å². The van der Waals surface area contributed by atoms with E-state index in [9.17, 15) is 15.2 Å². The van der Waals surface area contributed by atoms with Crippen LogP contribution in [0.3, 0.4) is 0 Å². The van der Waals surface area contributed by atoms with Gasteiger partial charge in [-0.15, -0.1) is 0 Å². The molecule has 0 bridgehead atoms. The van der Waals surface area contributed by atoms with E-state index in [1.54, 1.807) is 48.7 Å². The van der Waals surface area contributed by atoms with E-state index in [1.165, 1.54) is 12.1 Å².